The highest BCUT2D eigenvalue weighted by molar-refractivity contribution is 5.76. The predicted octanol–water partition coefficient (Wildman–Crippen LogP) is 2.06. The van der Waals surface area contributed by atoms with Crippen LogP contribution in [0.25, 0.3) is 0 Å². The molecule has 1 aromatic rings. The van der Waals surface area contributed by atoms with E-state index >= 15 is 0 Å². The largest absolute Gasteiger partial charge is 0.481 e. The van der Waals surface area contributed by atoms with Gasteiger partial charge in [0.05, 0.1) is 24.2 Å². The van der Waals surface area contributed by atoms with Crippen molar-refractivity contribution in [3.63, 3.8) is 0 Å². The van der Waals surface area contributed by atoms with Gasteiger partial charge in [0.2, 0.25) is 0 Å². The van der Waals surface area contributed by atoms with Crippen molar-refractivity contribution in [2.45, 2.75) is 50.6 Å². The highest BCUT2D eigenvalue weighted by atomic mass is 16.4. The standard InChI is InChI=1S/C15H21N3O3/c19-13(20)10-15(7-3-1-4-8-15)18-14(21)17-11-12-6-2-5-9-16-12/h2,5-6,9H,1,3-4,7-8,10-11H2,(H,19,20)(H2,17,18,21). The first-order chi connectivity index (χ1) is 10.1. The summed E-state index contributed by atoms with van der Waals surface area (Å²) in [6.07, 6.45) is 6.08. The summed E-state index contributed by atoms with van der Waals surface area (Å²) in [5.74, 6) is -0.873. The van der Waals surface area contributed by atoms with Crippen molar-refractivity contribution in [2.24, 2.45) is 0 Å². The van der Waals surface area contributed by atoms with Crippen LogP contribution in [-0.4, -0.2) is 27.6 Å². The number of aromatic nitrogens is 1. The molecule has 0 unspecified atom stereocenters. The van der Waals surface area contributed by atoms with Crippen LogP contribution in [0.15, 0.2) is 24.4 Å². The van der Waals surface area contributed by atoms with Gasteiger partial charge in [-0.1, -0.05) is 25.3 Å². The second-order valence-electron chi connectivity index (χ2n) is 5.54. The lowest BCUT2D eigenvalue weighted by Gasteiger charge is -2.36. The topological polar surface area (TPSA) is 91.3 Å². The monoisotopic (exact) mass is 291 g/mol. The van der Waals surface area contributed by atoms with Gasteiger partial charge in [0.15, 0.2) is 0 Å². The Bertz CT molecular complexity index is 484. The summed E-state index contributed by atoms with van der Waals surface area (Å²) in [7, 11) is 0. The molecule has 1 heterocycles. The van der Waals surface area contributed by atoms with E-state index in [1.165, 1.54) is 0 Å². The van der Waals surface area contributed by atoms with Crippen LogP contribution in [-0.2, 0) is 11.3 Å². The number of hydrogen-bond acceptors (Lipinski definition) is 3. The fraction of sp³-hybridized carbons (Fsp3) is 0.533. The molecule has 0 radical (unpaired) electrons. The Hall–Kier alpha value is -2.11. The summed E-state index contributed by atoms with van der Waals surface area (Å²) in [5, 5.41) is 14.7. The van der Waals surface area contributed by atoms with E-state index in [0.717, 1.165) is 37.8 Å². The molecule has 0 bridgehead atoms. The van der Waals surface area contributed by atoms with Crippen molar-refractivity contribution in [3.8, 4) is 0 Å². The van der Waals surface area contributed by atoms with Crippen LogP contribution in [0.5, 0.6) is 0 Å². The summed E-state index contributed by atoms with van der Waals surface area (Å²) < 4.78 is 0. The third kappa shape index (κ3) is 4.73. The number of aliphatic carboxylic acids is 1. The minimum atomic E-state index is -0.873. The van der Waals surface area contributed by atoms with Crippen LogP contribution in [0.1, 0.15) is 44.2 Å². The number of hydrogen-bond donors (Lipinski definition) is 3. The highest BCUT2D eigenvalue weighted by Crippen LogP contribution is 2.31. The zero-order valence-electron chi connectivity index (χ0n) is 12.0. The first-order valence-corrected chi connectivity index (χ1v) is 7.27. The third-order valence-electron chi connectivity index (χ3n) is 3.84. The van der Waals surface area contributed by atoms with Gasteiger partial charge in [-0.2, -0.15) is 0 Å². The molecule has 1 aliphatic rings. The SMILES string of the molecule is O=C(O)CC1(NC(=O)NCc2ccccn2)CCCCC1. The Morgan fingerprint density at radius 1 is 1.24 bits per heavy atom. The molecule has 0 atom stereocenters. The van der Waals surface area contributed by atoms with Crippen molar-refractivity contribution in [3.05, 3.63) is 30.1 Å². The Balaban J connectivity index is 1.90. The van der Waals surface area contributed by atoms with E-state index in [2.05, 4.69) is 15.6 Å². The summed E-state index contributed by atoms with van der Waals surface area (Å²) in [6, 6.07) is 5.17. The molecule has 0 spiro atoms. The van der Waals surface area contributed by atoms with Crippen molar-refractivity contribution in [1.29, 1.82) is 0 Å². The van der Waals surface area contributed by atoms with Crippen LogP contribution in [0.2, 0.25) is 0 Å². The smallest absolute Gasteiger partial charge is 0.315 e. The van der Waals surface area contributed by atoms with E-state index in [9.17, 15) is 9.59 Å². The van der Waals surface area contributed by atoms with Crippen LogP contribution in [0, 0.1) is 0 Å². The van der Waals surface area contributed by atoms with E-state index in [0.29, 0.717) is 6.54 Å². The molecule has 0 aromatic carbocycles. The van der Waals surface area contributed by atoms with Crippen LogP contribution >= 0.6 is 0 Å². The van der Waals surface area contributed by atoms with E-state index < -0.39 is 11.5 Å². The molecule has 3 N–H and O–H groups in total. The summed E-state index contributed by atoms with van der Waals surface area (Å²) in [4.78, 5) is 27.2. The number of pyridine rings is 1. The lowest BCUT2D eigenvalue weighted by Crippen LogP contribution is -2.54. The van der Waals surface area contributed by atoms with E-state index in [4.69, 9.17) is 5.11 Å². The number of nitrogens with one attached hydrogen (secondary N) is 2. The lowest BCUT2D eigenvalue weighted by atomic mass is 9.79. The lowest BCUT2D eigenvalue weighted by molar-refractivity contribution is -0.139. The molecule has 1 saturated carbocycles. The summed E-state index contributed by atoms with van der Waals surface area (Å²) in [6.45, 7) is 0.329. The number of rotatable bonds is 5. The number of carbonyl (C=O) groups is 2. The van der Waals surface area contributed by atoms with Gasteiger partial charge >= 0.3 is 12.0 Å². The predicted molar refractivity (Wildman–Crippen MR) is 77.7 cm³/mol. The number of carbonyl (C=O) groups excluding carboxylic acids is 1. The molecule has 6 nitrogen and oxygen atoms in total. The van der Waals surface area contributed by atoms with Gasteiger partial charge < -0.3 is 15.7 Å². The fourth-order valence-corrected chi connectivity index (χ4v) is 2.82. The fourth-order valence-electron chi connectivity index (χ4n) is 2.82. The van der Waals surface area contributed by atoms with Crippen molar-refractivity contribution >= 4 is 12.0 Å². The quantitative estimate of drug-likeness (QED) is 0.774. The molecule has 2 rings (SSSR count). The number of urea groups is 1. The Morgan fingerprint density at radius 2 is 2.00 bits per heavy atom. The van der Waals surface area contributed by atoms with Gasteiger partial charge in [0.1, 0.15) is 0 Å². The normalized spacial score (nSPS) is 17.0. The second kappa shape index (κ2) is 7.06. The molecule has 2 amide bonds. The summed E-state index contributed by atoms with van der Waals surface area (Å²) >= 11 is 0. The Morgan fingerprint density at radius 3 is 2.62 bits per heavy atom. The van der Waals surface area contributed by atoms with Crippen molar-refractivity contribution < 1.29 is 14.7 Å². The molecular weight excluding hydrogens is 270 g/mol. The van der Waals surface area contributed by atoms with Crippen LogP contribution in [0.4, 0.5) is 4.79 Å². The minimum Gasteiger partial charge on any atom is -0.481 e. The van der Waals surface area contributed by atoms with Crippen molar-refractivity contribution in [1.82, 2.24) is 15.6 Å². The zero-order chi connectivity index (χ0) is 15.1. The first kappa shape index (κ1) is 15.3. The number of amides is 2. The van der Waals surface area contributed by atoms with Gasteiger partial charge in [-0.25, -0.2) is 4.79 Å². The molecule has 6 heteroatoms. The number of nitrogens with zero attached hydrogens (tertiary/aromatic N) is 1. The van der Waals surface area contributed by atoms with Gasteiger partial charge in [-0.15, -0.1) is 0 Å². The molecule has 1 aromatic heterocycles. The maximum Gasteiger partial charge on any atom is 0.315 e. The average molecular weight is 291 g/mol. The summed E-state index contributed by atoms with van der Waals surface area (Å²) in [5.41, 5.74) is 0.154. The maximum atomic E-state index is 12.0. The zero-order valence-corrected chi connectivity index (χ0v) is 12.0. The molecule has 21 heavy (non-hydrogen) atoms. The van der Waals surface area contributed by atoms with E-state index in [1.807, 2.05) is 18.2 Å². The molecule has 0 aliphatic heterocycles. The van der Waals surface area contributed by atoms with E-state index in [1.54, 1.807) is 6.20 Å². The van der Waals surface area contributed by atoms with Gasteiger partial charge in [0, 0.05) is 6.20 Å². The maximum absolute atomic E-state index is 12.0. The number of carboxylic acid groups (broad SMARTS) is 1. The molecule has 0 saturated heterocycles. The Labute approximate surface area is 124 Å². The van der Waals surface area contributed by atoms with Gasteiger partial charge in [-0.3, -0.25) is 9.78 Å². The Kier molecular flexibility index (Phi) is 5.14. The average Bonchev–Trinajstić information content (AvgIpc) is 2.46. The first-order valence-electron chi connectivity index (χ1n) is 7.27. The molecule has 1 aliphatic carbocycles. The van der Waals surface area contributed by atoms with Crippen LogP contribution in [0.3, 0.4) is 0 Å². The van der Waals surface area contributed by atoms with Gasteiger partial charge in [-0.05, 0) is 25.0 Å². The minimum absolute atomic E-state index is 0.0238. The molecule has 114 valence electrons. The second-order valence-corrected chi connectivity index (χ2v) is 5.54. The van der Waals surface area contributed by atoms with E-state index in [-0.39, 0.29) is 12.5 Å². The van der Waals surface area contributed by atoms with Crippen LogP contribution < -0.4 is 10.6 Å². The highest BCUT2D eigenvalue weighted by Gasteiger charge is 2.35. The molecular formula is C15H21N3O3. The number of carboxylic acids is 1. The third-order valence-corrected chi connectivity index (χ3v) is 3.84. The molecule has 1 fully saturated rings. The van der Waals surface area contributed by atoms with Crippen molar-refractivity contribution in [2.75, 3.05) is 0 Å². The van der Waals surface area contributed by atoms with Gasteiger partial charge in [0.25, 0.3) is 0 Å².